The van der Waals surface area contributed by atoms with Gasteiger partial charge in [-0.25, -0.2) is 18.6 Å². The highest BCUT2D eigenvalue weighted by molar-refractivity contribution is 6.30. The molecule has 0 saturated heterocycles. The maximum Gasteiger partial charge on any atom is 0.345 e. The monoisotopic (exact) mass is 280 g/mol. The van der Waals surface area contributed by atoms with Gasteiger partial charge in [-0.2, -0.15) is 0 Å². The van der Waals surface area contributed by atoms with Gasteiger partial charge in [-0.15, -0.1) is 0 Å². The Morgan fingerprint density at radius 3 is 2.72 bits per heavy atom. The number of aromatic nitrogens is 1. The zero-order valence-electron chi connectivity index (χ0n) is 9.02. The molecule has 0 aromatic carbocycles. The Bertz CT molecular complexity index is 496. The van der Waals surface area contributed by atoms with Crippen molar-refractivity contribution in [1.29, 1.82) is 0 Å². The molecule has 98 valence electrons. The van der Waals surface area contributed by atoms with Crippen molar-refractivity contribution >= 4 is 23.3 Å². The van der Waals surface area contributed by atoms with Crippen molar-refractivity contribution in [3.63, 3.8) is 0 Å². The highest BCUT2D eigenvalue weighted by Gasteiger charge is 2.32. The second kappa shape index (κ2) is 5.67. The van der Waals surface area contributed by atoms with Crippen LogP contribution in [0, 0.1) is 10.1 Å². The summed E-state index contributed by atoms with van der Waals surface area (Å²) >= 11 is 5.42. The first-order valence-corrected chi connectivity index (χ1v) is 5.06. The topological polar surface area (TPSA) is 82.3 Å². The third-order valence-electron chi connectivity index (χ3n) is 1.94. The van der Waals surface area contributed by atoms with Crippen molar-refractivity contribution in [1.82, 2.24) is 4.98 Å². The van der Waals surface area contributed by atoms with E-state index < -0.39 is 39.3 Å². The SMILES string of the molecule is CCOC(=O)c1c([N+](=O)[O-])cnc(Cl)c1C(F)F. The van der Waals surface area contributed by atoms with Crippen LogP contribution in [0.15, 0.2) is 6.20 Å². The zero-order valence-corrected chi connectivity index (χ0v) is 9.78. The van der Waals surface area contributed by atoms with Gasteiger partial charge in [0.1, 0.15) is 11.3 Å². The predicted molar refractivity (Wildman–Crippen MR) is 56.8 cm³/mol. The lowest BCUT2D eigenvalue weighted by Crippen LogP contribution is -2.13. The van der Waals surface area contributed by atoms with Crippen LogP contribution >= 0.6 is 11.6 Å². The number of nitrogens with zero attached hydrogens (tertiary/aromatic N) is 2. The van der Waals surface area contributed by atoms with Crippen LogP contribution in [-0.4, -0.2) is 22.5 Å². The van der Waals surface area contributed by atoms with Gasteiger partial charge in [0, 0.05) is 0 Å². The number of esters is 1. The molecule has 0 aliphatic carbocycles. The van der Waals surface area contributed by atoms with Gasteiger partial charge in [0.25, 0.3) is 6.43 Å². The third kappa shape index (κ3) is 2.70. The molecule has 0 bridgehead atoms. The van der Waals surface area contributed by atoms with Crippen LogP contribution in [0.3, 0.4) is 0 Å². The Morgan fingerprint density at radius 2 is 2.28 bits per heavy atom. The van der Waals surface area contributed by atoms with Crippen LogP contribution in [0.1, 0.15) is 29.3 Å². The zero-order chi connectivity index (χ0) is 13.9. The highest BCUT2D eigenvalue weighted by Crippen LogP contribution is 2.34. The van der Waals surface area contributed by atoms with E-state index in [1.165, 1.54) is 6.92 Å². The Labute approximate surface area is 105 Å². The van der Waals surface area contributed by atoms with Crippen molar-refractivity contribution in [3.05, 3.63) is 32.6 Å². The second-order valence-corrected chi connectivity index (χ2v) is 3.36. The number of alkyl halides is 2. The van der Waals surface area contributed by atoms with E-state index in [4.69, 9.17) is 11.6 Å². The molecule has 1 heterocycles. The molecule has 0 spiro atoms. The van der Waals surface area contributed by atoms with Crippen LogP contribution in [-0.2, 0) is 4.74 Å². The standard InChI is InChI=1S/C9H7ClF2N2O4/c1-2-18-9(15)5-4(14(16)17)3-13-7(10)6(5)8(11)12/h3,8H,2H2,1H3. The van der Waals surface area contributed by atoms with Crippen LogP contribution < -0.4 is 0 Å². The van der Waals surface area contributed by atoms with E-state index in [0.29, 0.717) is 6.20 Å². The van der Waals surface area contributed by atoms with Gasteiger partial charge in [-0.3, -0.25) is 10.1 Å². The molecule has 0 fully saturated rings. The van der Waals surface area contributed by atoms with Crippen molar-refractivity contribution < 1.29 is 23.2 Å². The Balaban J connectivity index is 3.53. The van der Waals surface area contributed by atoms with E-state index in [0.717, 1.165) is 0 Å². The number of ether oxygens (including phenoxy) is 1. The predicted octanol–water partition coefficient (Wildman–Crippen LogP) is 2.76. The summed E-state index contributed by atoms with van der Waals surface area (Å²) in [5, 5.41) is 10.0. The van der Waals surface area contributed by atoms with E-state index in [9.17, 15) is 23.7 Å². The van der Waals surface area contributed by atoms with E-state index in [1.807, 2.05) is 0 Å². The summed E-state index contributed by atoms with van der Waals surface area (Å²) in [6.07, 6.45) is -2.54. The second-order valence-electron chi connectivity index (χ2n) is 3.00. The van der Waals surface area contributed by atoms with Gasteiger partial charge in [0.15, 0.2) is 5.56 Å². The molecule has 18 heavy (non-hydrogen) atoms. The number of carbonyl (C=O) groups is 1. The first-order chi connectivity index (χ1) is 8.40. The van der Waals surface area contributed by atoms with Gasteiger partial charge in [0.2, 0.25) is 0 Å². The van der Waals surface area contributed by atoms with Crippen molar-refractivity contribution in [3.8, 4) is 0 Å². The van der Waals surface area contributed by atoms with E-state index >= 15 is 0 Å². The number of hydrogen-bond acceptors (Lipinski definition) is 5. The molecule has 0 saturated carbocycles. The fraction of sp³-hybridized carbons (Fsp3) is 0.333. The van der Waals surface area contributed by atoms with Crippen LogP contribution in [0.2, 0.25) is 5.15 Å². The van der Waals surface area contributed by atoms with Gasteiger partial charge in [-0.1, -0.05) is 11.6 Å². The largest absolute Gasteiger partial charge is 0.462 e. The van der Waals surface area contributed by atoms with Gasteiger partial charge in [0.05, 0.1) is 17.1 Å². The molecule has 0 unspecified atom stereocenters. The average Bonchev–Trinajstić information content (AvgIpc) is 2.27. The Hall–Kier alpha value is -1.83. The minimum atomic E-state index is -3.18. The Morgan fingerprint density at radius 1 is 1.67 bits per heavy atom. The van der Waals surface area contributed by atoms with Crippen LogP contribution in [0.5, 0.6) is 0 Å². The number of pyridine rings is 1. The maximum atomic E-state index is 12.8. The minimum Gasteiger partial charge on any atom is -0.462 e. The van der Waals surface area contributed by atoms with Crippen molar-refractivity contribution in [2.45, 2.75) is 13.3 Å². The molecule has 1 aromatic rings. The maximum absolute atomic E-state index is 12.8. The van der Waals surface area contributed by atoms with E-state index in [1.54, 1.807) is 0 Å². The normalized spacial score (nSPS) is 10.5. The summed E-state index contributed by atoms with van der Waals surface area (Å²) in [7, 11) is 0. The van der Waals surface area contributed by atoms with Crippen molar-refractivity contribution in [2.24, 2.45) is 0 Å². The molecule has 0 atom stereocenters. The Kier molecular flexibility index (Phi) is 4.49. The third-order valence-corrected chi connectivity index (χ3v) is 2.24. The lowest BCUT2D eigenvalue weighted by Gasteiger charge is -2.09. The van der Waals surface area contributed by atoms with Gasteiger partial charge in [-0.05, 0) is 6.92 Å². The molecule has 9 heteroatoms. The summed E-state index contributed by atoms with van der Waals surface area (Å²) in [5.74, 6) is -1.23. The molecule has 0 N–H and O–H groups in total. The van der Waals surface area contributed by atoms with Crippen LogP contribution in [0.25, 0.3) is 0 Å². The lowest BCUT2D eigenvalue weighted by atomic mass is 10.1. The minimum absolute atomic E-state index is 0.112. The molecule has 1 rings (SSSR count). The summed E-state index contributed by atoms with van der Waals surface area (Å²) in [4.78, 5) is 24.4. The summed E-state index contributed by atoms with van der Waals surface area (Å²) in [6, 6.07) is 0. The van der Waals surface area contributed by atoms with Crippen LogP contribution in [0.4, 0.5) is 14.5 Å². The molecule has 0 amide bonds. The average molecular weight is 281 g/mol. The summed E-state index contributed by atoms with van der Waals surface area (Å²) in [5.41, 5.74) is -2.73. The molecule has 1 aromatic heterocycles. The highest BCUT2D eigenvalue weighted by atomic mass is 35.5. The van der Waals surface area contributed by atoms with Crippen molar-refractivity contribution in [2.75, 3.05) is 6.61 Å². The number of nitro groups is 1. The molecule has 0 aliphatic rings. The van der Waals surface area contributed by atoms with Gasteiger partial charge < -0.3 is 4.74 Å². The summed E-state index contributed by atoms with van der Waals surface area (Å²) < 4.78 is 30.1. The van der Waals surface area contributed by atoms with E-state index in [2.05, 4.69) is 9.72 Å². The molecule has 0 radical (unpaired) electrons. The molecular formula is C9H7ClF2N2O4. The number of rotatable bonds is 4. The first-order valence-electron chi connectivity index (χ1n) is 4.68. The van der Waals surface area contributed by atoms with Gasteiger partial charge >= 0.3 is 11.7 Å². The number of hydrogen-bond donors (Lipinski definition) is 0. The molecular weight excluding hydrogens is 274 g/mol. The fourth-order valence-electron chi connectivity index (χ4n) is 1.25. The first kappa shape index (κ1) is 14.2. The van der Waals surface area contributed by atoms with E-state index in [-0.39, 0.29) is 6.61 Å². The summed E-state index contributed by atoms with van der Waals surface area (Å²) in [6.45, 7) is 1.33. The smallest absolute Gasteiger partial charge is 0.345 e. The number of halogens is 3. The number of carbonyl (C=O) groups excluding carboxylic acids is 1. The quantitative estimate of drug-likeness (QED) is 0.366. The molecule has 6 nitrogen and oxygen atoms in total. The fourth-order valence-corrected chi connectivity index (χ4v) is 1.47. The lowest BCUT2D eigenvalue weighted by molar-refractivity contribution is -0.385. The molecule has 0 aliphatic heterocycles.